The van der Waals surface area contributed by atoms with Crippen LogP contribution < -0.4 is 19.1 Å². The molecule has 1 N–H and O–H groups in total. The van der Waals surface area contributed by atoms with Crippen molar-refractivity contribution in [3.8, 4) is 11.5 Å². The predicted molar refractivity (Wildman–Crippen MR) is 119 cm³/mol. The van der Waals surface area contributed by atoms with Crippen molar-refractivity contribution in [1.29, 1.82) is 0 Å². The molecule has 1 fully saturated rings. The summed E-state index contributed by atoms with van der Waals surface area (Å²) >= 11 is 0. The molecule has 0 aromatic heterocycles. The zero-order chi connectivity index (χ0) is 21.9. The van der Waals surface area contributed by atoms with Gasteiger partial charge in [-0.15, -0.1) is 12.4 Å². The Morgan fingerprint density at radius 3 is 2.32 bits per heavy atom. The van der Waals surface area contributed by atoms with E-state index in [0.717, 1.165) is 26.2 Å². The van der Waals surface area contributed by atoms with Crippen LogP contribution in [0.4, 0.5) is 20.2 Å². The lowest BCUT2D eigenvalue weighted by Gasteiger charge is -2.34. The summed E-state index contributed by atoms with van der Waals surface area (Å²) in [6.45, 7) is 1.77. The highest BCUT2D eigenvalue weighted by Gasteiger charge is 2.23. The maximum absolute atomic E-state index is 13.0. The summed E-state index contributed by atoms with van der Waals surface area (Å²) in [5, 5.41) is 0. The van der Waals surface area contributed by atoms with Crippen LogP contribution in [0.25, 0.3) is 0 Å². The van der Waals surface area contributed by atoms with Crippen molar-refractivity contribution in [2.45, 2.75) is 18.4 Å². The van der Waals surface area contributed by atoms with Crippen LogP contribution in [0.5, 0.6) is 11.5 Å². The fourth-order valence-electron chi connectivity index (χ4n) is 3.24. The SMILES string of the molecule is COc1ccc(S(=O)(=O)Nc2ccc(C)cc2OC(F)F)cc1N1CCN(C)CC1.Cl. The van der Waals surface area contributed by atoms with Crippen molar-refractivity contribution in [3.63, 3.8) is 0 Å². The molecule has 7 nitrogen and oxygen atoms in total. The summed E-state index contributed by atoms with van der Waals surface area (Å²) < 4.78 is 63.7. The first-order valence-electron chi connectivity index (χ1n) is 9.39. The lowest BCUT2D eigenvalue weighted by Crippen LogP contribution is -2.44. The van der Waals surface area contributed by atoms with E-state index in [4.69, 9.17) is 4.74 Å². The molecule has 1 saturated heterocycles. The third-order valence-corrected chi connectivity index (χ3v) is 6.27. The minimum atomic E-state index is -4.05. The Bertz CT molecular complexity index is 1000. The van der Waals surface area contributed by atoms with Crippen LogP contribution in [0.2, 0.25) is 0 Å². The number of hydrogen-bond donors (Lipinski definition) is 1. The van der Waals surface area contributed by atoms with Gasteiger partial charge in [0.25, 0.3) is 10.0 Å². The molecule has 172 valence electrons. The summed E-state index contributed by atoms with van der Waals surface area (Å²) in [4.78, 5) is 4.25. The Morgan fingerprint density at radius 1 is 1.03 bits per heavy atom. The summed E-state index contributed by atoms with van der Waals surface area (Å²) in [6, 6.07) is 8.91. The first kappa shape index (κ1) is 25.0. The average molecular weight is 478 g/mol. The summed E-state index contributed by atoms with van der Waals surface area (Å²) in [7, 11) is -0.492. The molecule has 0 aliphatic carbocycles. The number of aryl methyl sites for hydroxylation is 1. The van der Waals surface area contributed by atoms with Gasteiger partial charge in [-0.05, 0) is 49.9 Å². The van der Waals surface area contributed by atoms with Crippen molar-refractivity contribution in [3.05, 3.63) is 42.0 Å². The van der Waals surface area contributed by atoms with E-state index in [0.29, 0.717) is 17.0 Å². The van der Waals surface area contributed by atoms with E-state index < -0.39 is 16.6 Å². The maximum Gasteiger partial charge on any atom is 0.387 e. The first-order valence-corrected chi connectivity index (χ1v) is 10.9. The number of likely N-dealkylation sites (N-methyl/N-ethyl adjacent to an activating group) is 1. The number of rotatable bonds is 7. The van der Waals surface area contributed by atoms with Gasteiger partial charge in [-0.3, -0.25) is 4.72 Å². The molecular formula is C20H26ClF2N3O4S. The zero-order valence-electron chi connectivity index (χ0n) is 17.5. The molecular weight excluding hydrogens is 452 g/mol. The number of hydrogen-bond acceptors (Lipinski definition) is 6. The molecule has 0 spiro atoms. The molecule has 0 radical (unpaired) electrons. The van der Waals surface area contributed by atoms with Crippen molar-refractivity contribution in [2.75, 3.05) is 50.0 Å². The van der Waals surface area contributed by atoms with Crippen LogP contribution in [-0.2, 0) is 10.0 Å². The van der Waals surface area contributed by atoms with Gasteiger partial charge in [0.2, 0.25) is 0 Å². The van der Waals surface area contributed by atoms with E-state index in [1.54, 1.807) is 19.1 Å². The molecule has 31 heavy (non-hydrogen) atoms. The van der Waals surface area contributed by atoms with E-state index in [1.807, 2.05) is 7.05 Å². The van der Waals surface area contributed by atoms with Crippen LogP contribution in [0, 0.1) is 6.92 Å². The van der Waals surface area contributed by atoms with Gasteiger partial charge < -0.3 is 19.3 Å². The Balaban J connectivity index is 0.00000341. The molecule has 0 unspecified atom stereocenters. The Hall–Kier alpha value is -2.30. The monoisotopic (exact) mass is 477 g/mol. The van der Waals surface area contributed by atoms with Gasteiger partial charge in [-0.2, -0.15) is 8.78 Å². The average Bonchev–Trinajstić information content (AvgIpc) is 2.69. The molecule has 3 rings (SSSR count). The van der Waals surface area contributed by atoms with Gasteiger partial charge in [0.15, 0.2) is 0 Å². The highest BCUT2D eigenvalue weighted by molar-refractivity contribution is 7.92. The number of alkyl halides is 2. The topological polar surface area (TPSA) is 71.1 Å². The van der Waals surface area contributed by atoms with Gasteiger partial charge in [0, 0.05) is 26.2 Å². The molecule has 2 aromatic carbocycles. The van der Waals surface area contributed by atoms with E-state index in [9.17, 15) is 17.2 Å². The van der Waals surface area contributed by atoms with E-state index in [-0.39, 0.29) is 28.7 Å². The summed E-state index contributed by atoms with van der Waals surface area (Å²) in [6.07, 6.45) is 0. The minimum absolute atomic E-state index is 0. The van der Waals surface area contributed by atoms with Gasteiger partial charge in [0.05, 0.1) is 23.4 Å². The largest absolute Gasteiger partial charge is 0.495 e. The second-order valence-electron chi connectivity index (χ2n) is 7.11. The van der Waals surface area contributed by atoms with E-state index in [2.05, 4.69) is 19.3 Å². The first-order chi connectivity index (χ1) is 14.2. The van der Waals surface area contributed by atoms with Gasteiger partial charge in [-0.1, -0.05) is 6.07 Å². The molecule has 1 aliphatic heterocycles. The summed E-state index contributed by atoms with van der Waals surface area (Å²) in [5.41, 5.74) is 1.27. The molecule has 0 bridgehead atoms. The second-order valence-corrected chi connectivity index (χ2v) is 8.79. The fourth-order valence-corrected chi connectivity index (χ4v) is 4.33. The normalized spacial score (nSPS) is 14.8. The van der Waals surface area contributed by atoms with Gasteiger partial charge in [-0.25, -0.2) is 8.42 Å². The number of methoxy groups -OCH3 is 1. The quantitative estimate of drug-likeness (QED) is 0.657. The molecule has 0 saturated carbocycles. The zero-order valence-corrected chi connectivity index (χ0v) is 19.1. The number of nitrogens with zero attached hydrogens (tertiary/aromatic N) is 2. The Labute approximate surface area is 187 Å². The summed E-state index contributed by atoms with van der Waals surface area (Å²) in [5.74, 6) is 0.330. The fraction of sp³-hybridized carbons (Fsp3) is 0.400. The number of benzene rings is 2. The number of anilines is 2. The lowest BCUT2D eigenvalue weighted by atomic mass is 10.2. The molecule has 2 aromatic rings. The highest BCUT2D eigenvalue weighted by atomic mass is 35.5. The third kappa shape index (κ3) is 6.11. The van der Waals surface area contributed by atoms with Crippen molar-refractivity contribution < 1.29 is 26.7 Å². The molecule has 1 aliphatic rings. The number of sulfonamides is 1. The van der Waals surface area contributed by atoms with Crippen molar-refractivity contribution in [2.24, 2.45) is 0 Å². The smallest absolute Gasteiger partial charge is 0.387 e. The number of ether oxygens (including phenoxy) is 2. The third-order valence-electron chi connectivity index (χ3n) is 4.90. The predicted octanol–water partition coefficient (Wildman–Crippen LogP) is 3.58. The van der Waals surface area contributed by atoms with Crippen LogP contribution in [-0.4, -0.2) is 60.3 Å². The number of piperazine rings is 1. The molecule has 0 amide bonds. The van der Waals surface area contributed by atoms with E-state index >= 15 is 0 Å². The van der Waals surface area contributed by atoms with E-state index in [1.165, 1.54) is 31.4 Å². The van der Waals surface area contributed by atoms with Gasteiger partial charge >= 0.3 is 6.61 Å². The highest BCUT2D eigenvalue weighted by Crippen LogP contribution is 2.34. The van der Waals surface area contributed by atoms with Gasteiger partial charge in [0.1, 0.15) is 11.5 Å². The standard InChI is InChI=1S/C20H25F2N3O4S.ClH/c1-14-4-6-16(19(12-14)29-20(21)22)23-30(26,27)15-5-7-18(28-3)17(13-15)25-10-8-24(2)9-11-25;/h4-7,12-13,20,23H,8-11H2,1-3H3;1H. The molecule has 1 heterocycles. The molecule has 11 heteroatoms. The lowest BCUT2D eigenvalue weighted by molar-refractivity contribution is -0.0493. The number of nitrogens with one attached hydrogen (secondary N) is 1. The van der Waals surface area contributed by atoms with Crippen LogP contribution in [0.3, 0.4) is 0 Å². The Kier molecular flexibility index (Phi) is 8.33. The second kappa shape index (κ2) is 10.3. The van der Waals surface area contributed by atoms with Crippen LogP contribution in [0.1, 0.15) is 5.56 Å². The molecule has 0 atom stereocenters. The Morgan fingerprint density at radius 2 is 1.71 bits per heavy atom. The van der Waals surface area contributed by atoms with Crippen molar-refractivity contribution in [1.82, 2.24) is 4.90 Å². The van der Waals surface area contributed by atoms with Crippen LogP contribution in [0.15, 0.2) is 41.3 Å². The van der Waals surface area contributed by atoms with Crippen molar-refractivity contribution >= 4 is 33.8 Å². The minimum Gasteiger partial charge on any atom is -0.495 e. The number of halogens is 3. The van der Waals surface area contributed by atoms with Crippen LogP contribution >= 0.6 is 12.4 Å². The maximum atomic E-state index is 13.0.